The quantitative estimate of drug-likeness (QED) is 0.288. The van der Waals surface area contributed by atoms with E-state index in [1.54, 1.807) is 18.5 Å². The van der Waals surface area contributed by atoms with Gasteiger partial charge in [0.1, 0.15) is 0 Å². The molecule has 3 aromatic heterocycles. The molecule has 0 radical (unpaired) electrons. The van der Waals surface area contributed by atoms with Gasteiger partial charge in [-0.05, 0) is 24.3 Å². The molecule has 4 aromatic rings. The Labute approximate surface area is 192 Å². The fraction of sp³-hybridized carbons (Fsp3) is 0.0952. The average Bonchev–Trinajstić information content (AvgIpc) is 3.41. The van der Waals surface area contributed by atoms with Crippen molar-refractivity contribution in [3.8, 4) is 22.6 Å². The summed E-state index contributed by atoms with van der Waals surface area (Å²) in [6.45, 7) is 4.34. The molecule has 3 heterocycles. The van der Waals surface area contributed by atoms with Gasteiger partial charge in [-0.15, -0.1) is 28.1 Å². The first-order chi connectivity index (χ1) is 15.1. The van der Waals surface area contributed by atoms with Gasteiger partial charge in [-0.1, -0.05) is 41.6 Å². The summed E-state index contributed by atoms with van der Waals surface area (Å²) in [7, 11) is 0. The Morgan fingerprint density at radius 1 is 1.16 bits per heavy atom. The monoisotopic (exact) mass is 468 g/mol. The van der Waals surface area contributed by atoms with E-state index in [9.17, 15) is 4.79 Å². The van der Waals surface area contributed by atoms with E-state index < -0.39 is 0 Å². The molecule has 31 heavy (non-hydrogen) atoms. The number of amides is 1. The second-order valence-electron chi connectivity index (χ2n) is 6.32. The van der Waals surface area contributed by atoms with Crippen LogP contribution in [-0.2, 0) is 11.3 Å². The van der Waals surface area contributed by atoms with Crippen LogP contribution in [0.3, 0.4) is 0 Å². The lowest BCUT2D eigenvalue weighted by molar-refractivity contribution is -0.113. The molecule has 1 aromatic carbocycles. The highest BCUT2D eigenvalue weighted by atomic mass is 35.5. The van der Waals surface area contributed by atoms with Gasteiger partial charge < -0.3 is 5.32 Å². The molecule has 0 bridgehead atoms. The molecule has 0 spiro atoms. The second-order valence-corrected chi connectivity index (χ2v) is 8.56. The van der Waals surface area contributed by atoms with Crippen LogP contribution in [0.15, 0.2) is 72.0 Å². The minimum atomic E-state index is -0.166. The van der Waals surface area contributed by atoms with E-state index in [0.29, 0.717) is 27.7 Å². The van der Waals surface area contributed by atoms with Crippen molar-refractivity contribution < 1.29 is 4.79 Å². The second kappa shape index (κ2) is 9.86. The van der Waals surface area contributed by atoms with E-state index in [1.165, 1.54) is 23.1 Å². The molecule has 0 fully saturated rings. The van der Waals surface area contributed by atoms with Gasteiger partial charge in [-0.25, -0.2) is 4.98 Å². The minimum Gasteiger partial charge on any atom is -0.301 e. The van der Waals surface area contributed by atoms with E-state index >= 15 is 0 Å². The summed E-state index contributed by atoms with van der Waals surface area (Å²) in [5.41, 5.74) is 2.63. The molecule has 0 unspecified atom stereocenters. The highest BCUT2D eigenvalue weighted by Crippen LogP contribution is 2.27. The zero-order valence-electron chi connectivity index (χ0n) is 16.2. The third-order valence-electron chi connectivity index (χ3n) is 4.19. The molecule has 0 aliphatic rings. The molecule has 10 heteroatoms. The van der Waals surface area contributed by atoms with Crippen molar-refractivity contribution in [1.29, 1.82) is 0 Å². The molecular formula is C21H17ClN6OS2. The Morgan fingerprint density at radius 3 is 2.68 bits per heavy atom. The van der Waals surface area contributed by atoms with Crippen LogP contribution >= 0.6 is 34.7 Å². The first kappa shape index (κ1) is 21.2. The van der Waals surface area contributed by atoms with Crippen LogP contribution in [0, 0.1) is 0 Å². The predicted molar refractivity (Wildman–Crippen MR) is 125 cm³/mol. The lowest BCUT2D eigenvalue weighted by Gasteiger charge is -2.07. The van der Waals surface area contributed by atoms with E-state index in [-0.39, 0.29) is 11.7 Å². The molecule has 0 atom stereocenters. The molecule has 4 rings (SSSR count). The summed E-state index contributed by atoms with van der Waals surface area (Å²) < 4.78 is 1.92. The van der Waals surface area contributed by atoms with Crippen molar-refractivity contribution in [2.75, 3.05) is 11.1 Å². The summed E-state index contributed by atoms with van der Waals surface area (Å²) in [4.78, 5) is 21.0. The molecule has 1 amide bonds. The molecule has 0 saturated carbocycles. The summed E-state index contributed by atoms with van der Waals surface area (Å²) in [6.07, 6.45) is 5.18. The Bertz CT molecular complexity index is 1190. The van der Waals surface area contributed by atoms with Crippen LogP contribution in [0.25, 0.3) is 22.6 Å². The van der Waals surface area contributed by atoms with Crippen LogP contribution in [-0.4, -0.2) is 36.4 Å². The van der Waals surface area contributed by atoms with Crippen molar-refractivity contribution in [2.45, 2.75) is 11.7 Å². The normalized spacial score (nSPS) is 10.7. The number of thioether (sulfide) groups is 1. The smallest absolute Gasteiger partial charge is 0.236 e. The predicted octanol–water partition coefficient (Wildman–Crippen LogP) is 5.03. The number of halogens is 1. The number of allylic oxidation sites excluding steroid dienone is 1. The Morgan fingerprint density at radius 2 is 1.94 bits per heavy atom. The first-order valence-corrected chi connectivity index (χ1v) is 11.5. The highest BCUT2D eigenvalue weighted by Gasteiger charge is 2.15. The van der Waals surface area contributed by atoms with Crippen LogP contribution in [0.1, 0.15) is 0 Å². The standard InChI is InChI=1S/C21H17ClN6OS2/c1-2-11-28-19(15-7-9-23-10-8-15)26-27-21(28)31-13-18(29)25-20-24-17(12-30-20)14-3-5-16(22)6-4-14/h2-10,12H,1,11,13H2,(H,24,25,29). The van der Waals surface area contributed by atoms with Crippen molar-refractivity contribution >= 4 is 45.7 Å². The molecule has 156 valence electrons. The first-order valence-electron chi connectivity index (χ1n) is 9.22. The third-order valence-corrected chi connectivity index (χ3v) is 6.17. The van der Waals surface area contributed by atoms with Gasteiger partial charge >= 0.3 is 0 Å². The lowest BCUT2D eigenvalue weighted by atomic mass is 10.2. The number of thiazole rings is 1. The maximum Gasteiger partial charge on any atom is 0.236 e. The molecular weight excluding hydrogens is 452 g/mol. The number of anilines is 1. The van der Waals surface area contributed by atoms with Gasteiger partial charge in [0.2, 0.25) is 5.91 Å². The maximum atomic E-state index is 12.5. The van der Waals surface area contributed by atoms with Crippen LogP contribution in [0.2, 0.25) is 5.02 Å². The summed E-state index contributed by atoms with van der Waals surface area (Å²) in [6, 6.07) is 11.1. The molecule has 0 aliphatic heterocycles. The zero-order valence-corrected chi connectivity index (χ0v) is 18.6. The maximum absolute atomic E-state index is 12.5. The van der Waals surface area contributed by atoms with E-state index in [4.69, 9.17) is 11.6 Å². The number of hydrogen-bond donors (Lipinski definition) is 1. The number of nitrogens with zero attached hydrogens (tertiary/aromatic N) is 5. The number of pyridine rings is 1. The number of benzene rings is 1. The number of aromatic nitrogens is 5. The summed E-state index contributed by atoms with van der Waals surface area (Å²) in [5, 5.41) is 15.1. The number of rotatable bonds is 8. The van der Waals surface area contributed by atoms with Crippen molar-refractivity contribution in [3.05, 3.63) is 71.8 Å². The van der Waals surface area contributed by atoms with Crippen molar-refractivity contribution in [3.63, 3.8) is 0 Å². The van der Waals surface area contributed by atoms with Gasteiger partial charge in [-0.2, -0.15) is 0 Å². The summed E-state index contributed by atoms with van der Waals surface area (Å²) >= 11 is 8.61. The number of hydrogen-bond acceptors (Lipinski definition) is 7. The zero-order chi connectivity index (χ0) is 21.6. The van der Waals surface area contributed by atoms with Gasteiger partial charge in [0, 0.05) is 40.5 Å². The SMILES string of the molecule is C=CCn1c(SCC(=O)Nc2nc(-c3ccc(Cl)cc3)cs2)nnc1-c1ccncc1. The van der Waals surface area contributed by atoms with Crippen LogP contribution < -0.4 is 5.32 Å². The fourth-order valence-corrected chi connectivity index (χ4v) is 4.38. The Hall–Kier alpha value is -3.01. The van der Waals surface area contributed by atoms with Gasteiger partial charge in [0.05, 0.1) is 11.4 Å². The highest BCUT2D eigenvalue weighted by molar-refractivity contribution is 7.99. The van der Waals surface area contributed by atoms with Crippen LogP contribution in [0.4, 0.5) is 5.13 Å². The molecule has 7 nitrogen and oxygen atoms in total. The Kier molecular flexibility index (Phi) is 6.76. The number of nitrogens with one attached hydrogen (secondary N) is 1. The third kappa shape index (κ3) is 5.19. The van der Waals surface area contributed by atoms with Gasteiger partial charge in [0.25, 0.3) is 0 Å². The Balaban J connectivity index is 1.41. The summed E-state index contributed by atoms with van der Waals surface area (Å²) in [5.74, 6) is 0.722. The lowest BCUT2D eigenvalue weighted by Crippen LogP contribution is -2.14. The van der Waals surface area contributed by atoms with E-state index in [0.717, 1.165) is 16.8 Å². The minimum absolute atomic E-state index is 0.166. The van der Waals surface area contributed by atoms with Gasteiger partial charge in [0.15, 0.2) is 16.1 Å². The van der Waals surface area contributed by atoms with Gasteiger partial charge in [-0.3, -0.25) is 14.3 Å². The van der Waals surface area contributed by atoms with Crippen LogP contribution in [0.5, 0.6) is 0 Å². The molecule has 0 aliphatic carbocycles. The van der Waals surface area contributed by atoms with Crippen molar-refractivity contribution in [2.24, 2.45) is 0 Å². The average molecular weight is 469 g/mol. The topological polar surface area (TPSA) is 85.6 Å². The van der Waals surface area contributed by atoms with E-state index in [1.807, 2.05) is 46.3 Å². The number of carbonyl (C=O) groups is 1. The fourth-order valence-electron chi connectivity index (χ4n) is 2.77. The number of carbonyl (C=O) groups excluding carboxylic acids is 1. The largest absolute Gasteiger partial charge is 0.301 e. The molecule has 1 N–H and O–H groups in total. The van der Waals surface area contributed by atoms with E-state index in [2.05, 4.69) is 32.1 Å². The van der Waals surface area contributed by atoms with Crippen molar-refractivity contribution in [1.82, 2.24) is 24.7 Å². The molecule has 0 saturated heterocycles.